The van der Waals surface area contributed by atoms with Gasteiger partial charge in [-0.15, -0.1) is 11.3 Å². The van der Waals surface area contributed by atoms with Gasteiger partial charge in [0.05, 0.1) is 29.4 Å². The number of hydrogen-bond donors (Lipinski definition) is 0. The molecule has 1 aliphatic heterocycles. The van der Waals surface area contributed by atoms with Crippen LogP contribution >= 0.6 is 11.3 Å². The number of benzene rings is 2. The third-order valence-electron chi connectivity index (χ3n) is 5.47. The molecular formula is C24H26N2O3S. The monoisotopic (exact) mass is 422 g/mol. The van der Waals surface area contributed by atoms with Gasteiger partial charge in [-0.1, -0.05) is 24.3 Å². The van der Waals surface area contributed by atoms with E-state index in [0.29, 0.717) is 23.6 Å². The number of ether oxygens (including phenoxy) is 2. The molecule has 0 aliphatic carbocycles. The van der Waals surface area contributed by atoms with Gasteiger partial charge in [-0.25, -0.2) is 4.98 Å². The molecule has 3 aromatic rings. The number of fused-ring (bicyclic) bond motifs is 1. The van der Waals surface area contributed by atoms with Gasteiger partial charge in [0.25, 0.3) is 5.91 Å². The Labute approximate surface area is 180 Å². The quantitative estimate of drug-likeness (QED) is 0.555. The molecule has 156 valence electrons. The van der Waals surface area contributed by atoms with Crippen molar-refractivity contribution < 1.29 is 14.3 Å². The van der Waals surface area contributed by atoms with Gasteiger partial charge in [0.15, 0.2) is 11.5 Å². The molecule has 30 heavy (non-hydrogen) atoms. The summed E-state index contributed by atoms with van der Waals surface area (Å²) in [5, 5.41) is 1.12. The molecule has 1 fully saturated rings. The fourth-order valence-corrected chi connectivity index (χ4v) is 5.12. The molecule has 1 aromatic heterocycles. The molecule has 1 atom stereocenters. The van der Waals surface area contributed by atoms with Gasteiger partial charge in [-0.05, 0) is 44.0 Å². The highest BCUT2D eigenvalue weighted by atomic mass is 32.1. The van der Waals surface area contributed by atoms with Gasteiger partial charge in [-0.2, -0.15) is 0 Å². The maximum absolute atomic E-state index is 13.4. The van der Waals surface area contributed by atoms with Crippen LogP contribution in [0.15, 0.2) is 42.5 Å². The second-order valence-corrected chi connectivity index (χ2v) is 8.47. The number of allylic oxidation sites excluding steroid dienone is 1. The van der Waals surface area contributed by atoms with Crippen molar-refractivity contribution in [1.29, 1.82) is 0 Å². The number of piperidine rings is 1. The van der Waals surface area contributed by atoms with Crippen LogP contribution in [-0.4, -0.2) is 43.1 Å². The van der Waals surface area contributed by atoms with Crippen LogP contribution in [0.3, 0.4) is 0 Å². The van der Waals surface area contributed by atoms with Crippen molar-refractivity contribution in [3.8, 4) is 11.5 Å². The minimum Gasteiger partial charge on any atom is -0.493 e. The van der Waals surface area contributed by atoms with E-state index in [1.807, 2.05) is 48.2 Å². The van der Waals surface area contributed by atoms with Gasteiger partial charge < -0.3 is 14.4 Å². The Morgan fingerprint density at radius 3 is 2.80 bits per heavy atom. The van der Waals surface area contributed by atoms with E-state index >= 15 is 0 Å². The molecule has 0 radical (unpaired) electrons. The summed E-state index contributed by atoms with van der Waals surface area (Å²) >= 11 is 1.74. The van der Waals surface area contributed by atoms with Crippen LogP contribution in [0.25, 0.3) is 16.3 Å². The van der Waals surface area contributed by atoms with Gasteiger partial charge in [0.1, 0.15) is 0 Å². The number of thiazole rings is 1. The molecule has 0 N–H and O–H groups in total. The van der Waals surface area contributed by atoms with E-state index in [9.17, 15) is 4.79 Å². The van der Waals surface area contributed by atoms with Crippen LogP contribution in [0.2, 0.25) is 0 Å². The van der Waals surface area contributed by atoms with Gasteiger partial charge in [0, 0.05) is 30.1 Å². The van der Waals surface area contributed by atoms with E-state index in [2.05, 4.69) is 6.07 Å². The minimum atomic E-state index is 0.0208. The van der Waals surface area contributed by atoms with Crippen molar-refractivity contribution in [2.75, 3.05) is 27.3 Å². The number of amides is 1. The molecule has 2 heterocycles. The molecule has 5 nitrogen and oxygen atoms in total. The smallest absolute Gasteiger partial charge is 0.254 e. The SMILES string of the molecule is CC=Cc1cc(C(=O)N2CCCC(c3nc4ccccc4s3)C2)cc(OC)c1OC. The zero-order valence-electron chi connectivity index (χ0n) is 17.6. The normalized spacial score (nSPS) is 16.9. The topological polar surface area (TPSA) is 51.7 Å². The van der Waals surface area contributed by atoms with Crippen LogP contribution < -0.4 is 9.47 Å². The highest BCUT2D eigenvalue weighted by molar-refractivity contribution is 7.18. The van der Waals surface area contributed by atoms with Crippen LogP contribution in [0, 0.1) is 0 Å². The van der Waals surface area contributed by atoms with Crippen molar-refractivity contribution in [2.24, 2.45) is 0 Å². The first-order valence-electron chi connectivity index (χ1n) is 10.2. The van der Waals surface area contributed by atoms with Crippen LogP contribution in [-0.2, 0) is 0 Å². The average Bonchev–Trinajstić information content (AvgIpc) is 3.22. The molecule has 0 bridgehead atoms. The lowest BCUT2D eigenvalue weighted by Gasteiger charge is -2.32. The molecule has 4 rings (SSSR count). The number of hydrogen-bond acceptors (Lipinski definition) is 5. The third kappa shape index (κ3) is 3.92. The standard InChI is InChI=1S/C24H26N2O3S/c1-4-8-16-13-18(14-20(28-2)22(16)29-3)24(27)26-12-7-9-17(15-26)23-25-19-10-5-6-11-21(19)30-23/h4-6,8,10-11,13-14,17H,7,9,12,15H2,1-3H3. The number of rotatable bonds is 5. The number of para-hydroxylation sites is 1. The summed E-state index contributed by atoms with van der Waals surface area (Å²) in [7, 11) is 3.20. The second kappa shape index (κ2) is 8.88. The van der Waals surface area contributed by atoms with Gasteiger partial charge in [0.2, 0.25) is 0 Å². The molecule has 1 aliphatic rings. The summed E-state index contributed by atoms with van der Waals surface area (Å²) in [6, 6.07) is 11.9. The van der Waals surface area contributed by atoms with Gasteiger partial charge in [-0.3, -0.25) is 4.79 Å². The first-order chi connectivity index (χ1) is 14.6. The first kappa shape index (κ1) is 20.4. The molecule has 0 saturated carbocycles. The highest BCUT2D eigenvalue weighted by Crippen LogP contribution is 2.36. The molecular weight excluding hydrogens is 396 g/mol. The lowest BCUT2D eigenvalue weighted by molar-refractivity contribution is 0.0706. The zero-order chi connectivity index (χ0) is 21.1. The average molecular weight is 423 g/mol. The Morgan fingerprint density at radius 1 is 1.23 bits per heavy atom. The predicted octanol–water partition coefficient (Wildman–Crippen LogP) is 5.37. The Kier molecular flexibility index (Phi) is 6.04. The van der Waals surface area contributed by atoms with Gasteiger partial charge >= 0.3 is 0 Å². The van der Waals surface area contributed by atoms with Crippen LogP contribution in [0.1, 0.15) is 46.6 Å². The van der Waals surface area contributed by atoms with Crippen molar-refractivity contribution in [3.63, 3.8) is 0 Å². The Hall–Kier alpha value is -2.86. The van der Waals surface area contributed by atoms with E-state index in [1.54, 1.807) is 31.6 Å². The molecule has 6 heteroatoms. The molecule has 1 saturated heterocycles. The molecule has 0 spiro atoms. The summed E-state index contributed by atoms with van der Waals surface area (Å²) in [5.74, 6) is 1.50. The zero-order valence-corrected chi connectivity index (χ0v) is 18.4. The Balaban J connectivity index is 1.60. The predicted molar refractivity (Wildman–Crippen MR) is 122 cm³/mol. The largest absolute Gasteiger partial charge is 0.493 e. The first-order valence-corrected chi connectivity index (χ1v) is 11.0. The summed E-state index contributed by atoms with van der Waals surface area (Å²) < 4.78 is 12.2. The number of carbonyl (C=O) groups is 1. The maximum Gasteiger partial charge on any atom is 0.254 e. The van der Waals surface area contributed by atoms with Crippen LogP contribution in [0.4, 0.5) is 0 Å². The summed E-state index contributed by atoms with van der Waals surface area (Å²) in [4.78, 5) is 20.1. The number of methoxy groups -OCH3 is 2. The minimum absolute atomic E-state index is 0.0208. The number of aromatic nitrogens is 1. The number of nitrogens with zero attached hydrogens (tertiary/aromatic N) is 2. The van der Waals surface area contributed by atoms with E-state index in [1.165, 1.54) is 4.70 Å². The number of likely N-dealkylation sites (tertiary alicyclic amines) is 1. The van der Waals surface area contributed by atoms with E-state index in [0.717, 1.165) is 35.5 Å². The highest BCUT2D eigenvalue weighted by Gasteiger charge is 2.28. The lowest BCUT2D eigenvalue weighted by atomic mass is 9.97. The van der Waals surface area contributed by atoms with Crippen molar-refractivity contribution >= 4 is 33.5 Å². The van der Waals surface area contributed by atoms with E-state index < -0.39 is 0 Å². The molecule has 1 amide bonds. The maximum atomic E-state index is 13.4. The van der Waals surface area contributed by atoms with Crippen molar-refractivity contribution in [2.45, 2.75) is 25.7 Å². The molecule has 2 aromatic carbocycles. The summed E-state index contributed by atoms with van der Waals surface area (Å²) in [6.45, 7) is 3.38. The van der Waals surface area contributed by atoms with E-state index in [-0.39, 0.29) is 11.8 Å². The molecule has 1 unspecified atom stereocenters. The van der Waals surface area contributed by atoms with E-state index in [4.69, 9.17) is 14.5 Å². The summed E-state index contributed by atoms with van der Waals surface area (Å²) in [6.07, 6.45) is 5.88. The number of carbonyl (C=O) groups excluding carboxylic acids is 1. The van der Waals surface area contributed by atoms with Crippen LogP contribution in [0.5, 0.6) is 11.5 Å². The third-order valence-corrected chi connectivity index (χ3v) is 6.67. The fourth-order valence-electron chi connectivity index (χ4n) is 4.03. The lowest BCUT2D eigenvalue weighted by Crippen LogP contribution is -2.39. The van der Waals surface area contributed by atoms with Crippen molar-refractivity contribution in [3.05, 3.63) is 58.6 Å². The Bertz CT molecular complexity index is 1060. The fraction of sp³-hybridized carbons (Fsp3) is 0.333. The van der Waals surface area contributed by atoms with Crippen molar-refractivity contribution in [1.82, 2.24) is 9.88 Å². The second-order valence-electron chi connectivity index (χ2n) is 7.41. The summed E-state index contributed by atoms with van der Waals surface area (Å²) in [5.41, 5.74) is 2.49. The Morgan fingerprint density at radius 2 is 2.07 bits per heavy atom.